The molecule has 0 aliphatic heterocycles. The quantitative estimate of drug-likeness (QED) is 0.214. The van der Waals surface area contributed by atoms with Gasteiger partial charge < -0.3 is 16.0 Å². The molecule has 0 aliphatic rings. The molecule has 3 nitrogen and oxygen atoms in total. The van der Waals surface area contributed by atoms with Crippen molar-refractivity contribution in [3.8, 4) is 0 Å². The fourth-order valence-electron chi connectivity index (χ4n) is 4.91. The Bertz CT molecular complexity index is 1400. The summed E-state index contributed by atoms with van der Waals surface area (Å²) >= 11 is 0. The summed E-state index contributed by atoms with van der Waals surface area (Å²) in [4.78, 5) is 0. The van der Waals surface area contributed by atoms with Gasteiger partial charge >= 0.3 is 0 Å². The van der Waals surface area contributed by atoms with E-state index in [1.807, 2.05) is 21.1 Å². The van der Waals surface area contributed by atoms with Crippen LogP contribution in [-0.2, 0) is 19.6 Å². The smallest absolute Gasteiger partial charge is 0.0208 e. The molecule has 0 aromatic heterocycles. The highest BCUT2D eigenvalue weighted by molar-refractivity contribution is 5.87. The van der Waals surface area contributed by atoms with Crippen molar-refractivity contribution >= 4 is 32.3 Å². The van der Waals surface area contributed by atoms with E-state index in [9.17, 15) is 0 Å². The average Bonchev–Trinajstić information content (AvgIpc) is 2.99. The molecule has 0 saturated heterocycles. The van der Waals surface area contributed by atoms with Gasteiger partial charge in [-0.2, -0.15) is 0 Å². The first-order valence-corrected chi connectivity index (χ1v) is 13.6. The van der Waals surface area contributed by atoms with Crippen LogP contribution in [0.1, 0.15) is 16.7 Å². The number of rotatable bonds is 6. The minimum absolute atomic E-state index is 0.932. The topological polar surface area (TPSA) is 36.1 Å². The lowest BCUT2D eigenvalue weighted by molar-refractivity contribution is 0.824. The maximum Gasteiger partial charge on any atom is 0.0208 e. The normalized spacial score (nSPS) is 10.5. The maximum absolute atomic E-state index is 3.18. The second-order valence-electron chi connectivity index (χ2n) is 9.51. The zero-order valence-electron chi connectivity index (χ0n) is 23.2. The summed E-state index contributed by atoms with van der Waals surface area (Å²) in [6.07, 6.45) is 0. The minimum Gasteiger partial charge on any atom is -0.316 e. The largest absolute Gasteiger partial charge is 0.316 e. The van der Waals surface area contributed by atoms with Crippen molar-refractivity contribution in [2.75, 3.05) is 21.1 Å². The fraction of sp³-hybridized carbons (Fsp3) is 0.167. The van der Waals surface area contributed by atoms with E-state index in [-0.39, 0.29) is 0 Å². The SMILES string of the molecule is CNCc1cccc2ccccc12.CNCc1cccc2ccccc12.CNCc1cccc2ccccc12. The Kier molecular flexibility index (Phi) is 10.6. The van der Waals surface area contributed by atoms with Gasteiger partial charge in [-0.05, 0) is 70.2 Å². The van der Waals surface area contributed by atoms with Crippen molar-refractivity contribution in [1.29, 1.82) is 0 Å². The summed E-state index contributed by atoms with van der Waals surface area (Å²) in [5.41, 5.74) is 4.09. The summed E-state index contributed by atoms with van der Waals surface area (Å²) in [5.74, 6) is 0. The summed E-state index contributed by atoms with van der Waals surface area (Å²) < 4.78 is 0. The van der Waals surface area contributed by atoms with Gasteiger partial charge in [0.2, 0.25) is 0 Å². The highest BCUT2D eigenvalue weighted by Crippen LogP contribution is 2.19. The molecule has 6 aromatic rings. The summed E-state index contributed by atoms with van der Waals surface area (Å²) in [7, 11) is 5.92. The van der Waals surface area contributed by atoms with E-state index >= 15 is 0 Å². The Labute approximate surface area is 232 Å². The molecule has 0 fully saturated rings. The zero-order chi connectivity index (χ0) is 27.3. The Hall–Kier alpha value is -4.02. The van der Waals surface area contributed by atoms with Crippen molar-refractivity contribution in [2.24, 2.45) is 0 Å². The summed E-state index contributed by atoms with van der Waals surface area (Å²) in [5, 5.41) is 17.5. The fourth-order valence-corrected chi connectivity index (χ4v) is 4.91. The molecule has 0 radical (unpaired) electrons. The van der Waals surface area contributed by atoms with Crippen LogP contribution in [0.3, 0.4) is 0 Å². The Morgan fingerprint density at radius 1 is 0.333 bits per heavy atom. The highest BCUT2D eigenvalue weighted by atomic mass is 14.8. The maximum atomic E-state index is 3.18. The Morgan fingerprint density at radius 2 is 0.590 bits per heavy atom. The first-order valence-electron chi connectivity index (χ1n) is 13.6. The van der Waals surface area contributed by atoms with E-state index in [1.54, 1.807) is 0 Å². The molecule has 0 atom stereocenters. The van der Waals surface area contributed by atoms with E-state index in [1.165, 1.54) is 49.0 Å². The lowest BCUT2D eigenvalue weighted by atomic mass is 10.0. The van der Waals surface area contributed by atoms with Gasteiger partial charge in [0, 0.05) is 19.6 Å². The van der Waals surface area contributed by atoms with E-state index in [0.717, 1.165) is 19.6 Å². The number of hydrogen-bond donors (Lipinski definition) is 3. The molecule has 0 spiro atoms. The van der Waals surface area contributed by atoms with Crippen LogP contribution in [0.2, 0.25) is 0 Å². The van der Waals surface area contributed by atoms with Crippen molar-refractivity contribution in [1.82, 2.24) is 16.0 Å². The molecule has 0 unspecified atom stereocenters. The molecule has 0 heterocycles. The lowest BCUT2D eigenvalue weighted by Gasteiger charge is -2.04. The Balaban J connectivity index is 0.000000136. The van der Waals surface area contributed by atoms with Crippen LogP contribution in [0.4, 0.5) is 0 Å². The molecular weight excluding hydrogens is 474 g/mol. The second kappa shape index (κ2) is 14.8. The van der Waals surface area contributed by atoms with E-state index < -0.39 is 0 Å². The van der Waals surface area contributed by atoms with E-state index in [0.29, 0.717) is 0 Å². The standard InChI is InChI=1S/3C12H13N/c3*1-13-9-11-7-4-6-10-5-2-3-8-12(10)11/h3*2-8,13H,9H2,1H3. The van der Waals surface area contributed by atoms with Gasteiger partial charge in [0.15, 0.2) is 0 Å². The van der Waals surface area contributed by atoms with Crippen LogP contribution in [0.5, 0.6) is 0 Å². The first kappa shape index (κ1) is 28.0. The second-order valence-corrected chi connectivity index (χ2v) is 9.51. The molecule has 0 amide bonds. The van der Waals surface area contributed by atoms with Gasteiger partial charge in [-0.3, -0.25) is 0 Å². The monoisotopic (exact) mass is 513 g/mol. The third-order valence-corrected chi connectivity index (χ3v) is 6.74. The number of benzene rings is 6. The summed E-state index contributed by atoms with van der Waals surface area (Å²) in [6.45, 7) is 2.80. The van der Waals surface area contributed by atoms with Gasteiger partial charge in [0.1, 0.15) is 0 Å². The predicted molar refractivity (Wildman–Crippen MR) is 170 cm³/mol. The van der Waals surface area contributed by atoms with Crippen LogP contribution >= 0.6 is 0 Å². The predicted octanol–water partition coefficient (Wildman–Crippen LogP) is 7.68. The van der Waals surface area contributed by atoms with Gasteiger partial charge in [0.25, 0.3) is 0 Å². The van der Waals surface area contributed by atoms with Crippen molar-refractivity contribution in [3.63, 3.8) is 0 Å². The van der Waals surface area contributed by atoms with Gasteiger partial charge in [-0.1, -0.05) is 127 Å². The molecule has 39 heavy (non-hydrogen) atoms. The van der Waals surface area contributed by atoms with Crippen molar-refractivity contribution in [3.05, 3.63) is 144 Å². The first-order chi connectivity index (χ1) is 19.2. The third kappa shape index (κ3) is 7.52. The van der Waals surface area contributed by atoms with Crippen LogP contribution in [0, 0.1) is 0 Å². The van der Waals surface area contributed by atoms with Gasteiger partial charge in [-0.15, -0.1) is 0 Å². The Morgan fingerprint density at radius 3 is 0.872 bits per heavy atom. The van der Waals surface area contributed by atoms with Crippen LogP contribution in [-0.4, -0.2) is 21.1 Å². The van der Waals surface area contributed by atoms with Crippen molar-refractivity contribution in [2.45, 2.75) is 19.6 Å². The molecule has 6 rings (SSSR count). The van der Waals surface area contributed by atoms with E-state index in [4.69, 9.17) is 0 Å². The third-order valence-electron chi connectivity index (χ3n) is 6.74. The molecule has 0 bridgehead atoms. The van der Waals surface area contributed by atoms with Crippen molar-refractivity contribution < 1.29 is 0 Å². The zero-order valence-corrected chi connectivity index (χ0v) is 23.2. The van der Waals surface area contributed by atoms with E-state index in [2.05, 4.69) is 143 Å². The number of hydrogen-bond acceptors (Lipinski definition) is 3. The molecule has 0 saturated carbocycles. The van der Waals surface area contributed by atoms with Crippen LogP contribution < -0.4 is 16.0 Å². The lowest BCUT2D eigenvalue weighted by Crippen LogP contribution is -2.05. The molecule has 3 N–H and O–H groups in total. The van der Waals surface area contributed by atoms with Crippen LogP contribution in [0.15, 0.2) is 127 Å². The van der Waals surface area contributed by atoms with Gasteiger partial charge in [0.05, 0.1) is 0 Å². The molecule has 0 aliphatic carbocycles. The molecule has 198 valence electrons. The molecular formula is C36H39N3. The number of fused-ring (bicyclic) bond motifs is 3. The number of nitrogens with one attached hydrogen (secondary N) is 3. The average molecular weight is 514 g/mol. The summed E-state index contributed by atoms with van der Waals surface area (Å²) in [6, 6.07) is 44.7. The van der Waals surface area contributed by atoms with Gasteiger partial charge in [-0.25, -0.2) is 0 Å². The van der Waals surface area contributed by atoms with Crippen LogP contribution in [0.25, 0.3) is 32.3 Å². The highest BCUT2D eigenvalue weighted by Gasteiger charge is 1.99. The minimum atomic E-state index is 0.932. The molecule has 3 heteroatoms. The molecule has 6 aromatic carbocycles.